The molecule has 7 heteroatoms. The maximum Gasteiger partial charge on any atom is 0.230 e. The molecule has 1 aromatic carbocycles. The Kier molecular flexibility index (Phi) is 9.87. The molecule has 1 fully saturated rings. The second-order valence-corrected chi connectivity index (χ2v) is 8.83. The fourth-order valence-electron chi connectivity index (χ4n) is 2.67. The molecule has 2 rings (SSSR count). The van der Waals surface area contributed by atoms with E-state index in [4.69, 9.17) is 20.1 Å². The Labute approximate surface area is 155 Å². The summed E-state index contributed by atoms with van der Waals surface area (Å²) in [4.78, 5) is 8.81. The van der Waals surface area contributed by atoms with E-state index in [0.717, 1.165) is 42.6 Å². The highest BCUT2D eigenvalue weighted by atomic mass is 32.2. The van der Waals surface area contributed by atoms with Crippen LogP contribution in [0.15, 0.2) is 29.8 Å². The van der Waals surface area contributed by atoms with Crippen LogP contribution in [0.4, 0.5) is 0 Å². The number of ether oxygens (including phenoxy) is 1. The number of nitrogens with one attached hydrogen (secondary N) is 2. The van der Waals surface area contributed by atoms with Crippen LogP contribution in [0, 0.1) is 12.3 Å². The molecule has 0 bridgehead atoms. The zero-order chi connectivity index (χ0) is 19.4. The average Bonchev–Trinajstić information content (AvgIpc) is 3.15. The van der Waals surface area contributed by atoms with Crippen molar-refractivity contribution in [1.29, 1.82) is 5.41 Å². The maximum absolute atomic E-state index is 12.7. The molecule has 0 aliphatic carbocycles. The molecule has 0 aromatic heterocycles. The number of amides is 1. The fraction of sp³-hybridized carbons (Fsp3) is 0.421. The number of hydrogen-bond donors (Lipinski definition) is 3. The van der Waals surface area contributed by atoms with Crippen molar-refractivity contribution in [2.24, 2.45) is 0 Å². The van der Waals surface area contributed by atoms with E-state index in [-0.39, 0.29) is 12.5 Å². The molecule has 1 amide bonds. The maximum atomic E-state index is 12.7. The molecule has 0 saturated carbocycles. The minimum absolute atomic E-state index is 0.181. The summed E-state index contributed by atoms with van der Waals surface area (Å²) in [5, 5.41) is 14.8. The van der Waals surface area contributed by atoms with Gasteiger partial charge in [0.15, 0.2) is 0 Å². The molecule has 1 saturated heterocycles. The Morgan fingerprint density at radius 2 is 2.19 bits per heavy atom. The predicted molar refractivity (Wildman–Crippen MR) is 108 cm³/mol. The van der Waals surface area contributed by atoms with Crippen LogP contribution in [0.5, 0.6) is 0 Å². The van der Waals surface area contributed by atoms with Gasteiger partial charge in [0.05, 0.1) is 6.10 Å². The van der Waals surface area contributed by atoms with Gasteiger partial charge in [0.25, 0.3) is 0 Å². The lowest BCUT2D eigenvalue weighted by Gasteiger charge is -2.13. The van der Waals surface area contributed by atoms with E-state index in [0.29, 0.717) is 11.5 Å². The molecule has 1 heterocycles. The topological polar surface area (TPSA) is 99.5 Å². The van der Waals surface area contributed by atoms with Crippen LogP contribution >= 0.6 is 0 Å². The molecule has 2 atom stereocenters. The van der Waals surface area contributed by atoms with Crippen LogP contribution in [0.25, 0.3) is 6.08 Å². The molecule has 6 nitrogen and oxygen atoms in total. The largest absolute Gasteiger partial charge is 0.378 e. The third-order valence-corrected chi connectivity index (χ3v) is 5.87. The van der Waals surface area contributed by atoms with Crippen LogP contribution in [0.2, 0.25) is 0 Å². The van der Waals surface area contributed by atoms with Crippen LogP contribution < -0.4 is 5.48 Å². The van der Waals surface area contributed by atoms with E-state index in [2.05, 4.69) is 5.87 Å². The molecular weight excluding hydrogens is 352 g/mol. The number of carbonyl (C=O) groups excluding carboxylic acids is 1. The van der Waals surface area contributed by atoms with Crippen LogP contribution in [-0.4, -0.2) is 52.1 Å². The first kappa shape index (κ1) is 22.1. The zero-order valence-electron chi connectivity index (χ0n) is 15.1. The minimum atomic E-state index is -2.21. The Bertz CT molecular complexity index is 708. The number of hydrogen-bond acceptors (Lipinski definition) is 5. The average molecular weight is 381 g/mol. The van der Waals surface area contributed by atoms with Gasteiger partial charge < -0.3 is 10.1 Å². The van der Waals surface area contributed by atoms with Gasteiger partial charge in [-0.15, -0.1) is 0 Å². The van der Waals surface area contributed by atoms with Gasteiger partial charge in [-0.25, -0.2) is 5.48 Å². The van der Waals surface area contributed by atoms with Crippen molar-refractivity contribution in [2.75, 3.05) is 18.1 Å². The number of carbonyl (C=O) groups is 1. The lowest BCUT2D eigenvalue weighted by Crippen LogP contribution is -2.18. The molecule has 1 aliphatic heterocycles. The van der Waals surface area contributed by atoms with Crippen molar-refractivity contribution in [1.82, 2.24) is 5.48 Å². The Balaban J connectivity index is 0.000000765. The first-order chi connectivity index (χ1) is 12.4. The third kappa shape index (κ3) is 8.42. The van der Waals surface area contributed by atoms with Gasteiger partial charge in [-0.05, 0) is 64.4 Å². The number of rotatable bonds is 8. The summed E-state index contributed by atoms with van der Waals surface area (Å²) in [7, 11) is -2.21. The van der Waals surface area contributed by atoms with Crippen molar-refractivity contribution in [2.45, 2.75) is 32.3 Å². The third-order valence-electron chi connectivity index (χ3n) is 4.03. The van der Waals surface area contributed by atoms with Crippen LogP contribution in [0.1, 0.15) is 30.4 Å². The molecule has 26 heavy (non-hydrogen) atoms. The molecular formula is C19H28N2O4S. The summed E-state index contributed by atoms with van der Waals surface area (Å²) in [6.07, 6.45) is 6.63. The van der Waals surface area contributed by atoms with E-state index in [1.54, 1.807) is 0 Å². The highest BCUT2D eigenvalue weighted by molar-refractivity contribution is 8.00. The lowest BCUT2D eigenvalue weighted by molar-refractivity contribution is -0.116. The Morgan fingerprint density at radius 3 is 2.73 bits per heavy atom. The van der Waals surface area contributed by atoms with Gasteiger partial charge in [-0.2, -0.15) is 0 Å². The fourth-order valence-corrected chi connectivity index (χ4v) is 4.28. The molecule has 1 aromatic rings. The molecule has 1 aliphatic rings. The normalized spacial score (nSPS) is 19.0. The number of hydroxylamine groups is 1. The minimum Gasteiger partial charge on any atom is -0.378 e. The summed E-state index contributed by atoms with van der Waals surface area (Å²) < 4.78 is 18.3. The standard InChI is InChI=1S/C18H25NO2S.CH3NO2/c1-15-6-3-4-7-17(15)12-16(13-19)14-22(2,20)11-9-18-8-5-10-21-18;3-1-2-4/h3-4,6-7,12-13,18-19H,2,5,8-11,14H2,1H3;1,4H,(H,2,3)/b16-12+,19-13?;. The quantitative estimate of drug-likeness (QED) is 0.212. The number of aryl methyl sites for hydroxylation is 1. The lowest BCUT2D eigenvalue weighted by atomic mass is 10.1. The van der Waals surface area contributed by atoms with E-state index in [1.807, 2.05) is 37.3 Å². The second-order valence-electron chi connectivity index (χ2n) is 6.21. The first-order valence-electron chi connectivity index (χ1n) is 8.46. The Hall–Kier alpha value is -1.96. The van der Waals surface area contributed by atoms with Gasteiger partial charge >= 0.3 is 0 Å². The van der Waals surface area contributed by atoms with E-state index in [1.165, 1.54) is 11.7 Å². The van der Waals surface area contributed by atoms with Gasteiger partial charge in [0.1, 0.15) is 0 Å². The number of benzene rings is 1. The summed E-state index contributed by atoms with van der Waals surface area (Å²) in [5.74, 6) is 4.84. The molecule has 3 N–H and O–H groups in total. The SMILES string of the molecule is C=S(=O)(CCC1CCCO1)C/C(C=N)=C/c1ccccc1C.O=CNO. The van der Waals surface area contributed by atoms with Crippen molar-refractivity contribution in [3.8, 4) is 0 Å². The summed E-state index contributed by atoms with van der Waals surface area (Å²) >= 11 is 0. The first-order valence-corrected chi connectivity index (χ1v) is 10.5. The van der Waals surface area contributed by atoms with Crippen molar-refractivity contribution in [3.05, 3.63) is 41.0 Å². The van der Waals surface area contributed by atoms with Crippen LogP contribution in [-0.2, 0) is 19.1 Å². The van der Waals surface area contributed by atoms with Gasteiger partial charge in [-0.1, -0.05) is 24.3 Å². The van der Waals surface area contributed by atoms with Crippen molar-refractivity contribution < 1.29 is 18.9 Å². The smallest absolute Gasteiger partial charge is 0.230 e. The van der Waals surface area contributed by atoms with Gasteiger partial charge in [-0.3, -0.25) is 14.2 Å². The van der Waals surface area contributed by atoms with Gasteiger partial charge in [0, 0.05) is 24.3 Å². The molecule has 0 spiro atoms. The van der Waals surface area contributed by atoms with E-state index >= 15 is 0 Å². The van der Waals surface area contributed by atoms with Crippen molar-refractivity contribution >= 4 is 34.1 Å². The summed E-state index contributed by atoms with van der Waals surface area (Å²) in [6, 6.07) is 8.00. The molecule has 0 radical (unpaired) electrons. The monoisotopic (exact) mass is 380 g/mol. The van der Waals surface area contributed by atoms with E-state index in [9.17, 15) is 4.21 Å². The zero-order valence-corrected chi connectivity index (χ0v) is 16.0. The molecule has 144 valence electrons. The van der Waals surface area contributed by atoms with Crippen LogP contribution in [0.3, 0.4) is 0 Å². The van der Waals surface area contributed by atoms with Crippen molar-refractivity contribution in [3.63, 3.8) is 0 Å². The Morgan fingerprint density at radius 1 is 1.50 bits per heavy atom. The predicted octanol–water partition coefficient (Wildman–Crippen LogP) is 2.44. The van der Waals surface area contributed by atoms with E-state index < -0.39 is 9.52 Å². The van der Waals surface area contributed by atoms with Gasteiger partial charge in [0.2, 0.25) is 6.41 Å². The molecule has 2 unspecified atom stereocenters. The highest BCUT2D eigenvalue weighted by Crippen LogP contribution is 2.17. The summed E-state index contributed by atoms with van der Waals surface area (Å²) in [5.41, 5.74) is 4.23. The highest BCUT2D eigenvalue weighted by Gasteiger charge is 2.17. The summed E-state index contributed by atoms with van der Waals surface area (Å²) in [6.45, 7) is 2.86. The second kappa shape index (κ2) is 11.6.